The Morgan fingerprint density at radius 1 is 1.21 bits per heavy atom. The maximum Gasteiger partial charge on any atom is 0.246 e. The molecule has 10 heteroatoms. The van der Waals surface area contributed by atoms with E-state index in [4.69, 9.17) is 4.74 Å². The average Bonchev–Trinajstić information content (AvgIpc) is 2.63. The highest BCUT2D eigenvalue weighted by Crippen LogP contribution is 2.34. The van der Waals surface area contributed by atoms with Crippen molar-refractivity contribution in [3.8, 4) is 5.75 Å². The van der Waals surface area contributed by atoms with Gasteiger partial charge in [0.2, 0.25) is 11.9 Å². The summed E-state index contributed by atoms with van der Waals surface area (Å²) in [5.74, 6) is -3.16. The third kappa shape index (κ3) is 3.54. The van der Waals surface area contributed by atoms with E-state index in [-0.39, 0.29) is 29.8 Å². The van der Waals surface area contributed by atoms with Crippen molar-refractivity contribution >= 4 is 23.4 Å². The van der Waals surface area contributed by atoms with Gasteiger partial charge >= 0.3 is 0 Å². The average molecular weight is 407 g/mol. The normalized spacial score (nSPS) is 23.2. The lowest BCUT2D eigenvalue weighted by atomic mass is 9.89. The van der Waals surface area contributed by atoms with Crippen LogP contribution in [0.25, 0.3) is 0 Å². The van der Waals surface area contributed by atoms with Crippen molar-refractivity contribution in [2.45, 2.75) is 44.9 Å². The Balaban J connectivity index is 1.40. The number of anilines is 3. The molecule has 2 heterocycles. The van der Waals surface area contributed by atoms with Gasteiger partial charge in [-0.25, -0.2) is 18.2 Å². The molecule has 154 valence electrons. The molecule has 2 aliphatic rings. The number of aromatic nitrogens is 2. The topological polar surface area (TPSA) is 79.4 Å². The Labute approximate surface area is 165 Å². The number of carbonyl (C=O) groups excluding carboxylic acids is 1. The number of amides is 1. The van der Waals surface area contributed by atoms with Gasteiger partial charge < -0.3 is 20.3 Å². The fourth-order valence-corrected chi connectivity index (χ4v) is 3.37. The molecule has 2 aromatic rings. The summed E-state index contributed by atoms with van der Waals surface area (Å²) in [5, 5.41) is 6.04. The molecule has 29 heavy (non-hydrogen) atoms. The minimum atomic E-state index is -1.51. The molecule has 1 saturated carbocycles. The van der Waals surface area contributed by atoms with Gasteiger partial charge in [0.1, 0.15) is 23.6 Å². The van der Waals surface area contributed by atoms with Gasteiger partial charge in [-0.05, 0) is 13.8 Å². The third-order valence-electron chi connectivity index (χ3n) is 5.30. The first kappa shape index (κ1) is 19.3. The van der Waals surface area contributed by atoms with Crippen LogP contribution in [0, 0.1) is 24.4 Å². The van der Waals surface area contributed by atoms with Crippen molar-refractivity contribution in [3.05, 3.63) is 35.3 Å². The Bertz CT molecular complexity index is 958. The predicted molar refractivity (Wildman–Crippen MR) is 101 cm³/mol. The van der Waals surface area contributed by atoms with Crippen molar-refractivity contribution in [1.82, 2.24) is 9.97 Å². The Morgan fingerprint density at radius 3 is 2.52 bits per heavy atom. The van der Waals surface area contributed by atoms with Gasteiger partial charge in [-0.2, -0.15) is 4.98 Å². The van der Waals surface area contributed by atoms with Crippen molar-refractivity contribution in [1.29, 1.82) is 0 Å². The summed E-state index contributed by atoms with van der Waals surface area (Å²) < 4.78 is 45.1. The van der Waals surface area contributed by atoms with Gasteiger partial charge in [0.15, 0.2) is 23.3 Å². The molecular weight excluding hydrogens is 387 g/mol. The highest BCUT2D eigenvalue weighted by atomic mass is 19.2. The Hall–Kier alpha value is -3.04. The van der Waals surface area contributed by atoms with Gasteiger partial charge in [0.25, 0.3) is 0 Å². The molecule has 0 unspecified atom stereocenters. The highest BCUT2D eigenvalue weighted by molar-refractivity contribution is 6.03. The highest BCUT2D eigenvalue weighted by Gasteiger charge is 2.34. The van der Waals surface area contributed by atoms with Crippen LogP contribution < -0.4 is 20.3 Å². The van der Waals surface area contributed by atoms with E-state index in [1.807, 2.05) is 0 Å². The largest absolute Gasteiger partial charge is 0.490 e. The molecule has 1 amide bonds. The van der Waals surface area contributed by atoms with Gasteiger partial charge in [0.05, 0.1) is 5.69 Å². The number of halogens is 3. The van der Waals surface area contributed by atoms with Gasteiger partial charge in [-0.15, -0.1) is 0 Å². The van der Waals surface area contributed by atoms with Crippen LogP contribution in [0.2, 0.25) is 0 Å². The maximum atomic E-state index is 13.3. The Kier molecular flexibility index (Phi) is 4.71. The maximum absolute atomic E-state index is 13.3. The zero-order chi connectivity index (χ0) is 20.9. The molecule has 0 spiro atoms. The lowest BCUT2D eigenvalue weighted by molar-refractivity contribution is -0.117. The molecule has 1 fully saturated rings. The summed E-state index contributed by atoms with van der Waals surface area (Å²) in [4.78, 5) is 22.7. The second kappa shape index (κ2) is 7.09. The molecule has 0 bridgehead atoms. The summed E-state index contributed by atoms with van der Waals surface area (Å²) in [6.45, 7) is 3.58. The Morgan fingerprint density at radius 2 is 1.86 bits per heavy atom. The number of benzene rings is 1. The number of ether oxygens (including phenoxy) is 1. The van der Waals surface area contributed by atoms with E-state index < -0.39 is 17.5 Å². The first-order chi connectivity index (χ1) is 13.7. The SMILES string of the molecule is Cc1nc(NC2CC(Oc3cc(F)c(F)c(F)c3)C2)nc2c1NC(=O)[C@H](C)N2C. The van der Waals surface area contributed by atoms with Crippen LogP contribution in [0.15, 0.2) is 12.1 Å². The van der Waals surface area contributed by atoms with E-state index in [0.717, 1.165) is 12.1 Å². The van der Waals surface area contributed by atoms with Crippen LogP contribution >= 0.6 is 0 Å². The van der Waals surface area contributed by atoms with E-state index in [9.17, 15) is 18.0 Å². The van der Waals surface area contributed by atoms with Crippen LogP contribution in [0.1, 0.15) is 25.5 Å². The molecule has 1 aliphatic carbocycles. The molecule has 1 atom stereocenters. The third-order valence-corrected chi connectivity index (χ3v) is 5.30. The first-order valence-corrected chi connectivity index (χ1v) is 9.23. The van der Waals surface area contributed by atoms with E-state index in [0.29, 0.717) is 36.0 Å². The van der Waals surface area contributed by atoms with E-state index >= 15 is 0 Å². The number of hydrogen-bond donors (Lipinski definition) is 2. The van der Waals surface area contributed by atoms with Gasteiger partial charge in [-0.3, -0.25) is 4.79 Å². The second-order valence-corrected chi connectivity index (χ2v) is 7.36. The van der Waals surface area contributed by atoms with Crippen molar-refractivity contribution in [3.63, 3.8) is 0 Å². The number of likely N-dealkylation sites (N-methyl/N-ethyl adjacent to an activating group) is 1. The number of nitrogens with zero attached hydrogens (tertiary/aromatic N) is 3. The quantitative estimate of drug-likeness (QED) is 0.759. The summed E-state index contributed by atoms with van der Waals surface area (Å²) in [5.41, 5.74) is 1.24. The van der Waals surface area contributed by atoms with Crippen LogP contribution in [-0.4, -0.2) is 41.1 Å². The fraction of sp³-hybridized carbons (Fsp3) is 0.421. The van der Waals surface area contributed by atoms with Gasteiger partial charge in [-0.1, -0.05) is 0 Å². The molecule has 0 radical (unpaired) electrons. The van der Waals surface area contributed by atoms with Crippen molar-refractivity contribution in [2.24, 2.45) is 0 Å². The van der Waals surface area contributed by atoms with Crippen molar-refractivity contribution in [2.75, 3.05) is 22.6 Å². The molecule has 1 aromatic heterocycles. The van der Waals surface area contributed by atoms with Crippen LogP contribution in [0.4, 0.5) is 30.6 Å². The molecular formula is C19H20F3N5O2. The number of carbonyl (C=O) groups is 1. The monoisotopic (exact) mass is 407 g/mol. The summed E-state index contributed by atoms with van der Waals surface area (Å²) in [7, 11) is 1.80. The predicted octanol–water partition coefficient (Wildman–Crippen LogP) is 3.00. The number of fused-ring (bicyclic) bond motifs is 1. The van der Waals surface area contributed by atoms with Crippen LogP contribution in [0.5, 0.6) is 5.75 Å². The number of aryl methyl sites for hydroxylation is 1. The second-order valence-electron chi connectivity index (χ2n) is 7.36. The molecule has 2 N–H and O–H groups in total. The molecule has 4 rings (SSSR count). The van der Waals surface area contributed by atoms with E-state index in [2.05, 4.69) is 20.6 Å². The number of rotatable bonds is 4. The zero-order valence-electron chi connectivity index (χ0n) is 16.1. The molecule has 1 aliphatic heterocycles. The molecule has 1 aromatic carbocycles. The molecule has 7 nitrogen and oxygen atoms in total. The smallest absolute Gasteiger partial charge is 0.246 e. The number of nitrogens with one attached hydrogen (secondary N) is 2. The van der Waals surface area contributed by atoms with Crippen molar-refractivity contribution < 1.29 is 22.7 Å². The fourth-order valence-electron chi connectivity index (χ4n) is 3.37. The minimum absolute atomic E-state index is 0.0218. The molecule has 0 saturated heterocycles. The number of hydrogen-bond acceptors (Lipinski definition) is 6. The minimum Gasteiger partial charge on any atom is -0.490 e. The van der Waals surface area contributed by atoms with E-state index in [1.54, 1.807) is 25.8 Å². The summed E-state index contributed by atoms with van der Waals surface area (Å²) >= 11 is 0. The lowest BCUT2D eigenvalue weighted by Gasteiger charge is -2.36. The van der Waals surface area contributed by atoms with Gasteiger partial charge in [0, 0.05) is 38.1 Å². The van der Waals surface area contributed by atoms with Crippen LogP contribution in [0.3, 0.4) is 0 Å². The van der Waals surface area contributed by atoms with Crippen LogP contribution in [-0.2, 0) is 4.79 Å². The summed E-state index contributed by atoms with van der Waals surface area (Å²) in [6.07, 6.45) is 0.893. The van der Waals surface area contributed by atoms with E-state index in [1.165, 1.54) is 0 Å². The zero-order valence-corrected chi connectivity index (χ0v) is 16.1. The first-order valence-electron chi connectivity index (χ1n) is 9.23. The standard InChI is InChI=1S/C19H20F3N5O2/c1-8-16-17(27(3)9(2)18(28)25-16)26-19(23-8)24-10-4-11(5-10)29-12-6-13(20)15(22)14(21)7-12/h6-7,9-11H,4-5H2,1-3H3,(H,25,28)(H,23,24,26)/t9-,10?,11?/m0/s1. The summed E-state index contributed by atoms with van der Waals surface area (Å²) in [6, 6.07) is 1.34. The lowest BCUT2D eigenvalue weighted by Crippen LogP contribution is -2.45.